The second-order valence-electron chi connectivity index (χ2n) is 7.02. The molecule has 120 valence electrons. The maximum absolute atomic E-state index is 4.89. The summed E-state index contributed by atoms with van der Waals surface area (Å²) in [5.74, 6) is 2.83. The Balaban J connectivity index is 1.50. The van der Waals surface area contributed by atoms with Crippen molar-refractivity contribution in [2.45, 2.75) is 25.3 Å². The van der Waals surface area contributed by atoms with Crippen molar-refractivity contribution in [3.05, 3.63) is 60.7 Å². The molecule has 0 spiro atoms. The molecule has 0 aromatic heterocycles. The highest BCUT2D eigenvalue weighted by atomic mass is 15.5. The van der Waals surface area contributed by atoms with E-state index in [9.17, 15) is 0 Å². The van der Waals surface area contributed by atoms with Gasteiger partial charge in [-0.15, -0.1) is 10.2 Å². The number of anilines is 1. The van der Waals surface area contributed by atoms with Gasteiger partial charge in [-0.25, -0.2) is 0 Å². The van der Waals surface area contributed by atoms with Crippen LogP contribution in [-0.4, -0.2) is 11.9 Å². The molecule has 2 aromatic rings. The monoisotopic (exact) mass is 316 g/mol. The number of rotatable bonds is 2. The first-order chi connectivity index (χ1) is 11.9. The highest BCUT2D eigenvalue weighted by molar-refractivity contribution is 5.90. The van der Waals surface area contributed by atoms with Gasteiger partial charge in [0.2, 0.25) is 0 Å². The fourth-order valence-corrected chi connectivity index (χ4v) is 4.72. The number of hydrazone groups is 1. The van der Waals surface area contributed by atoms with E-state index in [0.717, 1.165) is 23.4 Å². The molecule has 2 fully saturated rings. The third kappa shape index (κ3) is 2.17. The number of hydrogen-bond donors (Lipinski definition) is 0. The SMILES string of the molecule is c1ccc(N=NC2=NN(c3ccccc3)[C@@H]3[C@@H]4CC[C@H](C4)[C@@H]23)cc1. The molecule has 2 saturated carbocycles. The fraction of sp³-hybridized carbons (Fsp3) is 0.350. The lowest BCUT2D eigenvalue weighted by molar-refractivity contribution is 0.362. The van der Waals surface area contributed by atoms with E-state index in [1.165, 1.54) is 24.9 Å². The van der Waals surface area contributed by atoms with Crippen LogP contribution in [0.3, 0.4) is 0 Å². The molecule has 2 bridgehead atoms. The average molecular weight is 316 g/mol. The molecule has 2 aliphatic carbocycles. The zero-order valence-corrected chi connectivity index (χ0v) is 13.5. The molecule has 4 heteroatoms. The summed E-state index contributed by atoms with van der Waals surface area (Å²) >= 11 is 0. The van der Waals surface area contributed by atoms with E-state index in [0.29, 0.717) is 12.0 Å². The molecule has 0 radical (unpaired) electrons. The van der Waals surface area contributed by atoms with E-state index in [2.05, 4.69) is 45.6 Å². The fourth-order valence-electron chi connectivity index (χ4n) is 4.72. The summed E-state index contributed by atoms with van der Waals surface area (Å²) in [5, 5.41) is 16.1. The first kappa shape index (κ1) is 13.9. The zero-order valence-electron chi connectivity index (χ0n) is 13.5. The van der Waals surface area contributed by atoms with Crippen molar-refractivity contribution in [2.24, 2.45) is 33.1 Å². The zero-order chi connectivity index (χ0) is 15.9. The summed E-state index contributed by atoms with van der Waals surface area (Å²) in [6, 6.07) is 20.9. The molecule has 1 heterocycles. The molecule has 3 aliphatic rings. The van der Waals surface area contributed by atoms with E-state index in [1.54, 1.807) is 0 Å². The van der Waals surface area contributed by atoms with Crippen molar-refractivity contribution < 1.29 is 0 Å². The number of fused-ring (bicyclic) bond motifs is 5. The highest BCUT2D eigenvalue weighted by Gasteiger charge is 2.55. The minimum absolute atomic E-state index is 0.441. The van der Waals surface area contributed by atoms with Crippen LogP contribution in [0.1, 0.15) is 19.3 Å². The van der Waals surface area contributed by atoms with Crippen LogP contribution in [0, 0.1) is 17.8 Å². The Morgan fingerprint density at radius 3 is 2.33 bits per heavy atom. The van der Waals surface area contributed by atoms with Crippen LogP contribution in [0.5, 0.6) is 0 Å². The van der Waals surface area contributed by atoms with Gasteiger partial charge in [-0.05, 0) is 55.4 Å². The van der Waals surface area contributed by atoms with Gasteiger partial charge in [-0.3, -0.25) is 5.01 Å². The smallest absolute Gasteiger partial charge is 0.176 e. The summed E-state index contributed by atoms with van der Waals surface area (Å²) in [4.78, 5) is 0. The van der Waals surface area contributed by atoms with Crippen molar-refractivity contribution in [1.82, 2.24) is 0 Å². The third-order valence-corrected chi connectivity index (χ3v) is 5.71. The summed E-state index contributed by atoms with van der Waals surface area (Å²) in [6.07, 6.45) is 3.96. The van der Waals surface area contributed by atoms with Gasteiger partial charge in [0.15, 0.2) is 5.84 Å². The van der Waals surface area contributed by atoms with Crippen LogP contribution in [0.2, 0.25) is 0 Å². The Labute approximate surface area is 141 Å². The van der Waals surface area contributed by atoms with E-state index >= 15 is 0 Å². The lowest BCUT2D eigenvalue weighted by Crippen LogP contribution is -2.37. The largest absolute Gasteiger partial charge is 0.260 e. The normalized spacial score (nSPS) is 30.8. The Morgan fingerprint density at radius 2 is 1.54 bits per heavy atom. The molecule has 0 amide bonds. The standard InChI is InChI=1S/C20H20N4/c1-3-7-16(8-4-1)21-22-20-18-14-11-12-15(13-14)19(18)24(23-20)17-9-5-2-6-10-17/h1-10,14-15,18-19H,11-13H2/t14-,15-,18-,19-/m1/s1. The minimum atomic E-state index is 0.441. The number of hydrogen-bond acceptors (Lipinski definition) is 4. The van der Waals surface area contributed by atoms with Crippen LogP contribution in [0.4, 0.5) is 11.4 Å². The predicted molar refractivity (Wildman–Crippen MR) is 95.4 cm³/mol. The lowest BCUT2D eigenvalue weighted by atomic mass is 9.84. The van der Waals surface area contributed by atoms with Crippen molar-refractivity contribution in [3.8, 4) is 0 Å². The quantitative estimate of drug-likeness (QED) is 0.717. The first-order valence-corrected chi connectivity index (χ1v) is 8.80. The molecule has 2 aromatic carbocycles. The number of nitrogens with zero attached hydrogens (tertiary/aromatic N) is 4. The summed E-state index contributed by atoms with van der Waals surface area (Å²) < 4.78 is 0. The van der Waals surface area contributed by atoms with E-state index in [1.807, 2.05) is 30.3 Å². The second-order valence-corrected chi connectivity index (χ2v) is 7.02. The van der Waals surface area contributed by atoms with E-state index in [4.69, 9.17) is 5.10 Å². The molecule has 0 saturated heterocycles. The number of amidine groups is 1. The average Bonchev–Trinajstić information content (AvgIpc) is 3.34. The van der Waals surface area contributed by atoms with Gasteiger partial charge in [0.05, 0.1) is 17.4 Å². The molecule has 5 rings (SSSR count). The van der Waals surface area contributed by atoms with E-state index < -0.39 is 0 Å². The summed E-state index contributed by atoms with van der Waals surface area (Å²) in [7, 11) is 0. The molecule has 4 nitrogen and oxygen atoms in total. The van der Waals surface area contributed by atoms with E-state index in [-0.39, 0.29) is 0 Å². The van der Waals surface area contributed by atoms with Gasteiger partial charge in [0, 0.05) is 5.92 Å². The first-order valence-electron chi connectivity index (χ1n) is 8.80. The van der Waals surface area contributed by atoms with Crippen LogP contribution in [0.15, 0.2) is 76.0 Å². The maximum atomic E-state index is 4.89. The topological polar surface area (TPSA) is 40.3 Å². The van der Waals surface area contributed by atoms with Crippen molar-refractivity contribution in [2.75, 3.05) is 5.01 Å². The van der Waals surface area contributed by atoms with Gasteiger partial charge in [0.25, 0.3) is 0 Å². The van der Waals surface area contributed by atoms with Crippen molar-refractivity contribution >= 4 is 17.2 Å². The Bertz CT molecular complexity index is 784. The number of para-hydroxylation sites is 1. The van der Waals surface area contributed by atoms with Gasteiger partial charge >= 0.3 is 0 Å². The molecule has 4 atom stereocenters. The van der Waals surface area contributed by atoms with Crippen LogP contribution >= 0.6 is 0 Å². The third-order valence-electron chi connectivity index (χ3n) is 5.71. The Kier molecular flexibility index (Phi) is 3.21. The van der Waals surface area contributed by atoms with Crippen LogP contribution in [-0.2, 0) is 0 Å². The van der Waals surface area contributed by atoms with Crippen molar-refractivity contribution in [3.63, 3.8) is 0 Å². The van der Waals surface area contributed by atoms with Gasteiger partial charge in [-0.2, -0.15) is 5.10 Å². The van der Waals surface area contributed by atoms with Crippen LogP contribution in [0.25, 0.3) is 0 Å². The minimum Gasteiger partial charge on any atom is -0.260 e. The number of benzene rings is 2. The Hall–Kier alpha value is -2.49. The molecular weight excluding hydrogens is 296 g/mol. The molecule has 0 N–H and O–H groups in total. The van der Waals surface area contributed by atoms with Crippen molar-refractivity contribution in [1.29, 1.82) is 0 Å². The molecule has 24 heavy (non-hydrogen) atoms. The molecular formula is C20H20N4. The van der Waals surface area contributed by atoms with Gasteiger partial charge in [0.1, 0.15) is 0 Å². The maximum Gasteiger partial charge on any atom is 0.176 e. The van der Waals surface area contributed by atoms with Crippen LogP contribution < -0.4 is 5.01 Å². The van der Waals surface area contributed by atoms with Gasteiger partial charge in [-0.1, -0.05) is 36.4 Å². The summed E-state index contributed by atoms with van der Waals surface area (Å²) in [6.45, 7) is 0. The second kappa shape index (κ2) is 5.55. The Morgan fingerprint density at radius 1 is 0.833 bits per heavy atom. The number of azo groups is 1. The highest BCUT2D eigenvalue weighted by Crippen LogP contribution is 2.54. The molecule has 0 unspecified atom stereocenters. The lowest BCUT2D eigenvalue weighted by Gasteiger charge is -2.30. The predicted octanol–water partition coefficient (Wildman–Crippen LogP) is 5.02. The van der Waals surface area contributed by atoms with Gasteiger partial charge < -0.3 is 0 Å². The molecule has 1 aliphatic heterocycles. The summed E-state index contributed by atoms with van der Waals surface area (Å²) in [5.41, 5.74) is 2.06.